The Morgan fingerprint density at radius 1 is 0.897 bits per heavy atom. The van der Waals surface area contributed by atoms with Crippen LogP contribution in [0.25, 0.3) is 0 Å². The molecule has 4 nitrogen and oxygen atoms in total. The van der Waals surface area contributed by atoms with Gasteiger partial charge in [-0.15, -0.1) is 0 Å². The van der Waals surface area contributed by atoms with Crippen LogP contribution in [0.15, 0.2) is 60.7 Å². The van der Waals surface area contributed by atoms with Gasteiger partial charge in [-0.25, -0.2) is 0 Å². The highest BCUT2D eigenvalue weighted by molar-refractivity contribution is 5.66. The zero-order chi connectivity index (χ0) is 27.4. The van der Waals surface area contributed by atoms with Crippen LogP contribution < -0.4 is 15.8 Å². The molecule has 3 aromatic rings. The van der Waals surface area contributed by atoms with E-state index in [4.69, 9.17) is 10.5 Å². The number of anilines is 1. The van der Waals surface area contributed by atoms with E-state index >= 15 is 0 Å². The minimum atomic E-state index is -0.166. The number of likely N-dealkylation sites (tertiary alicyclic amines) is 1. The lowest BCUT2D eigenvalue weighted by Crippen LogP contribution is -2.47. The molecule has 5 rings (SSSR count). The molecule has 0 bridgehead atoms. The molecule has 0 aliphatic carbocycles. The van der Waals surface area contributed by atoms with Crippen LogP contribution in [0.4, 0.5) is 5.69 Å². The zero-order valence-electron chi connectivity index (χ0n) is 24.4. The van der Waals surface area contributed by atoms with Gasteiger partial charge in [0.2, 0.25) is 0 Å². The number of rotatable bonds is 10. The van der Waals surface area contributed by atoms with Crippen LogP contribution in [0.1, 0.15) is 71.9 Å². The molecule has 0 amide bonds. The minimum absolute atomic E-state index is 0.166. The van der Waals surface area contributed by atoms with Crippen molar-refractivity contribution in [3.63, 3.8) is 0 Å². The Morgan fingerprint density at radius 3 is 2.13 bits per heavy atom. The normalized spacial score (nSPS) is 19.8. The van der Waals surface area contributed by atoms with Crippen LogP contribution in [0.3, 0.4) is 0 Å². The van der Waals surface area contributed by atoms with Gasteiger partial charge in [0, 0.05) is 30.1 Å². The number of benzene rings is 3. The van der Waals surface area contributed by atoms with Crippen LogP contribution in [0.5, 0.6) is 5.75 Å². The standard InChI is InChI=1S/C35H47N3O/c1-25-26(2)34-32(27(3)33(25)36)23-35(4,39-34)24-38-21-17-28(18-22-38)15-19-37-20-16-31(29-11-7-5-8-12-29)30-13-9-6-10-14-30/h5-14,28,31,37H,15-24,36H2,1-4H3. The summed E-state index contributed by atoms with van der Waals surface area (Å²) in [5.41, 5.74) is 14.9. The number of hydrogen-bond donors (Lipinski definition) is 2. The predicted octanol–water partition coefficient (Wildman–Crippen LogP) is 6.80. The van der Waals surface area contributed by atoms with E-state index in [0.717, 1.165) is 49.8 Å². The number of hydrogen-bond acceptors (Lipinski definition) is 4. The van der Waals surface area contributed by atoms with Crippen molar-refractivity contribution in [2.24, 2.45) is 5.92 Å². The summed E-state index contributed by atoms with van der Waals surface area (Å²) < 4.78 is 6.64. The second kappa shape index (κ2) is 12.1. The summed E-state index contributed by atoms with van der Waals surface area (Å²) in [7, 11) is 0. The molecule has 1 saturated heterocycles. The Hall–Kier alpha value is -2.82. The van der Waals surface area contributed by atoms with Gasteiger partial charge in [0.15, 0.2) is 0 Å². The molecule has 39 heavy (non-hydrogen) atoms. The summed E-state index contributed by atoms with van der Waals surface area (Å²) in [5, 5.41) is 3.76. The zero-order valence-corrected chi connectivity index (χ0v) is 24.4. The summed E-state index contributed by atoms with van der Waals surface area (Å²) >= 11 is 0. The van der Waals surface area contributed by atoms with Crippen LogP contribution in [0.2, 0.25) is 0 Å². The first-order valence-corrected chi connectivity index (χ1v) is 14.9. The average Bonchev–Trinajstić information content (AvgIpc) is 3.32. The Morgan fingerprint density at radius 2 is 1.51 bits per heavy atom. The maximum absolute atomic E-state index is 6.64. The molecular formula is C35H47N3O. The van der Waals surface area contributed by atoms with Crippen LogP contribution >= 0.6 is 0 Å². The molecule has 2 aliphatic heterocycles. The maximum Gasteiger partial charge on any atom is 0.127 e. The second-order valence-electron chi connectivity index (χ2n) is 12.2. The van der Waals surface area contributed by atoms with Gasteiger partial charge < -0.3 is 15.8 Å². The van der Waals surface area contributed by atoms with Crippen molar-refractivity contribution in [2.75, 3.05) is 38.5 Å². The summed E-state index contributed by atoms with van der Waals surface area (Å²) in [6.45, 7) is 14.2. The van der Waals surface area contributed by atoms with Crippen molar-refractivity contribution in [1.29, 1.82) is 0 Å². The van der Waals surface area contributed by atoms with Crippen LogP contribution in [-0.4, -0.2) is 43.2 Å². The van der Waals surface area contributed by atoms with Crippen molar-refractivity contribution in [2.45, 2.75) is 71.3 Å². The van der Waals surface area contributed by atoms with E-state index in [2.05, 4.69) is 98.6 Å². The monoisotopic (exact) mass is 525 g/mol. The molecule has 4 heteroatoms. The molecule has 3 aromatic carbocycles. The molecule has 2 aliphatic rings. The van der Waals surface area contributed by atoms with Crippen molar-refractivity contribution in [1.82, 2.24) is 10.2 Å². The minimum Gasteiger partial charge on any atom is -0.485 e. The van der Waals surface area contributed by atoms with E-state index in [1.807, 2.05) is 0 Å². The lowest BCUT2D eigenvalue weighted by molar-refractivity contribution is 0.0467. The number of nitrogens with two attached hydrogens (primary N) is 1. The van der Waals surface area contributed by atoms with E-state index in [9.17, 15) is 0 Å². The third-order valence-corrected chi connectivity index (χ3v) is 9.35. The molecule has 1 unspecified atom stereocenters. The highest BCUT2D eigenvalue weighted by Gasteiger charge is 2.39. The number of fused-ring (bicyclic) bond motifs is 1. The smallest absolute Gasteiger partial charge is 0.127 e. The van der Waals surface area contributed by atoms with Gasteiger partial charge in [0.05, 0.1) is 0 Å². The Kier molecular flexibility index (Phi) is 8.64. The van der Waals surface area contributed by atoms with Crippen molar-refractivity contribution in [3.8, 4) is 5.75 Å². The Bertz CT molecular complexity index is 1160. The highest BCUT2D eigenvalue weighted by Crippen LogP contribution is 2.44. The number of nitrogen functional groups attached to an aromatic ring is 1. The lowest BCUT2D eigenvalue weighted by atomic mass is 9.88. The molecule has 3 N–H and O–H groups in total. The van der Waals surface area contributed by atoms with Gasteiger partial charge in [0.25, 0.3) is 0 Å². The molecule has 208 valence electrons. The second-order valence-corrected chi connectivity index (χ2v) is 12.2. The molecule has 1 fully saturated rings. The van der Waals surface area contributed by atoms with Gasteiger partial charge >= 0.3 is 0 Å². The summed E-state index contributed by atoms with van der Waals surface area (Å²) in [6, 6.07) is 21.9. The van der Waals surface area contributed by atoms with E-state index in [0.29, 0.717) is 5.92 Å². The first-order valence-electron chi connectivity index (χ1n) is 14.9. The van der Waals surface area contributed by atoms with Gasteiger partial charge in [-0.2, -0.15) is 0 Å². The molecule has 2 heterocycles. The first kappa shape index (κ1) is 27.7. The Balaban J connectivity index is 1.05. The Labute approximate surface area is 236 Å². The van der Waals surface area contributed by atoms with Crippen molar-refractivity contribution < 1.29 is 4.74 Å². The highest BCUT2D eigenvalue weighted by atomic mass is 16.5. The largest absolute Gasteiger partial charge is 0.485 e. The SMILES string of the molecule is Cc1c(C)c2c(c(C)c1N)CC(C)(CN1CCC(CCNCCC(c3ccccc3)c3ccccc3)CC1)O2. The third kappa shape index (κ3) is 6.34. The van der Waals surface area contributed by atoms with Gasteiger partial charge in [-0.05, 0) is 113 Å². The summed E-state index contributed by atoms with van der Waals surface area (Å²) in [5.74, 6) is 2.35. The fraction of sp³-hybridized carbons (Fsp3) is 0.486. The summed E-state index contributed by atoms with van der Waals surface area (Å²) in [4.78, 5) is 2.63. The molecule has 1 atom stereocenters. The quantitative estimate of drug-likeness (QED) is 0.226. The lowest BCUT2D eigenvalue weighted by Gasteiger charge is -2.37. The number of nitrogens with zero attached hydrogens (tertiary/aromatic N) is 1. The topological polar surface area (TPSA) is 50.5 Å². The predicted molar refractivity (Wildman–Crippen MR) is 164 cm³/mol. The fourth-order valence-corrected chi connectivity index (χ4v) is 6.79. The van der Waals surface area contributed by atoms with E-state index in [-0.39, 0.29) is 5.60 Å². The average molecular weight is 526 g/mol. The number of piperidine rings is 1. The van der Waals surface area contributed by atoms with Crippen molar-refractivity contribution in [3.05, 3.63) is 94.0 Å². The number of ether oxygens (including phenoxy) is 1. The van der Waals surface area contributed by atoms with E-state index < -0.39 is 0 Å². The molecule has 0 aromatic heterocycles. The maximum atomic E-state index is 6.64. The van der Waals surface area contributed by atoms with Crippen LogP contribution in [-0.2, 0) is 6.42 Å². The summed E-state index contributed by atoms with van der Waals surface area (Å²) in [6.07, 6.45) is 5.91. The molecule has 0 saturated carbocycles. The number of nitrogens with one attached hydrogen (secondary N) is 1. The first-order chi connectivity index (χ1) is 18.8. The van der Waals surface area contributed by atoms with Gasteiger partial charge in [-0.3, -0.25) is 4.90 Å². The molecular weight excluding hydrogens is 478 g/mol. The van der Waals surface area contributed by atoms with Crippen molar-refractivity contribution >= 4 is 5.69 Å². The molecule has 0 radical (unpaired) electrons. The third-order valence-electron chi connectivity index (χ3n) is 9.35. The van der Waals surface area contributed by atoms with Gasteiger partial charge in [0.1, 0.15) is 11.4 Å². The van der Waals surface area contributed by atoms with Crippen LogP contribution in [0, 0.1) is 26.7 Å². The van der Waals surface area contributed by atoms with E-state index in [1.54, 1.807) is 0 Å². The van der Waals surface area contributed by atoms with Gasteiger partial charge in [-0.1, -0.05) is 60.7 Å². The van der Waals surface area contributed by atoms with E-state index in [1.165, 1.54) is 65.7 Å². The fourth-order valence-electron chi connectivity index (χ4n) is 6.79. The molecule has 0 spiro atoms.